The first-order valence-electron chi connectivity index (χ1n) is 12.6. The lowest BCUT2D eigenvalue weighted by atomic mass is 9.79. The van der Waals surface area contributed by atoms with E-state index in [1.807, 2.05) is 20.8 Å². The van der Waals surface area contributed by atoms with Gasteiger partial charge in [0.05, 0.1) is 13.2 Å². The number of esters is 1. The SMILES string of the molecule is CCCCC(=O)OC(C)C(C)C(c1ccc(OC(=O)OCCC)c(OC(=O)OCCC)c1)[C@H](N)C(=O)O. The molecule has 3 N–H and O–H groups in total. The first-order valence-corrected chi connectivity index (χ1v) is 12.6. The highest BCUT2D eigenvalue weighted by molar-refractivity contribution is 5.75. The quantitative estimate of drug-likeness (QED) is 0.184. The number of carbonyl (C=O) groups excluding carboxylic acids is 3. The van der Waals surface area contributed by atoms with E-state index in [1.54, 1.807) is 13.8 Å². The molecule has 0 saturated heterocycles. The van der Waals surface area contributed by atoms with Gasteiger partial charge in [-0.2, -0.15) is 0 Å². The van der Waals surface area contributed by atoms with Gasteiger partial charge in [-0.25, -0.2) is 9.59 Å². The molecule has 0 aliphatic heterocycles. The number of aliphatic carboxylic acids is 1. The molecule has 1 aromatic rings. The standard InChI is InChI=1S/C26H39NO10/c1-6-9-10-21(28)35-17(5)16(4)22(23(27)24(29)30)18-11-12-19(36-25(31)33-13-7-2)20(15-18)37-26(32)34-14-8-3/h11-12,15-17,22-23H,6-10,13-14,27H2,1-5H3,(H,29,30)/t16?,17?,22?,23-/m0/s1. The number of ether oxygens (including phenoxy) is 5. The van der Waals surface area contributed by atoms with Crippen LogP contribution < -0.4 is 15.2 Å². The highest BCUT2D eigenvalue weighted by Crippen LogP contribution is 2.37. The van der Waals surface area contributed by atoms with Crippen molar-refractivity contribution in [3.8, 4) is 11.5 Å². The van der Waals surface area contributed by atoms with Crippen LogP contribution in [0.4, 0.5) is 9.59 Å². The van der Waals surface area contributed by atoms with Crippen molar-refractivity contribution in [1.82, 2.24) is 0 Å². The van der Waals surface area contributed by atoms with Gasteiger partial charge >= 0.3 is 24.2 Å². The highest BCUT2D eigenvalue weighted by atomic mass is 16.7. The minimum absolute atomic E-state index is 0.109. The summed E-state index contributed by atoms with van der Waals surface area (Å²) in [5, 5.41) is 9.69. The smallest absolute Gasteiger partial charge is 0.480 e. The highest BCUT2D eigenvalue weighted by Gasteiger charge is 2.35. The number of carboxylic acid groups (broad SMARTS) is 1. The van der Waals surface area contributed by atoms with Gasteiger partial charge in [-0.1, -0.05) is 40.2 Å². The Morgan fingerprint density at radius 2 is 1.46 bits per heavy atom. The summed E-state index contributed by atoms with van der Waals surface area (Å²) in [7, 11) is 0. The summed E-state index contributed by atoms with van der Waals surface area (Å²) in [6.07, 6.45) is 0.195. The van der Waals surface area contributed by atoms with Crippen molar-refractivity contribution in [2.45, 2.75) is 84.8 Å². The van der Waals surface area contributed by atoms with E-state index in [9.17, 15) is 24.3 Å². The van der Waals surface area contributed by atoms with Crippen LogP contribution in [-0.2, 0) is 23.8 Å². The van der Waals surface area contributed by atoms with E-state index in [1.165, 1.54) is 18.2 Å². The van der Waals surface area contributed by atoms with E-state index >= 15 is 0 Å². The third kappa shape index (κ3) is 10.7. The lowest BCUT2D eigenvalue weighted by molar-refractivity contribution is -0.151. The van der Waals surface area contributed by atoms with E-state index < -0.39 is 42.3 Å². The molecule has 11 nitrogen and oxygen atoms in total. The lowest BCUT2D eigenvalue weighted by Gasteiger charge is -2.31. The van der Waals surface area contributed by atoms with Gasteiger partial charge < -0.3 is 34.5 Å². The van der Waals surface area contributed by atoms with Crippen molar-refractivity contribution in [2.75, 3.05) is 13.2 Å². The molecule has 208 valence electrons. The van der Waals surface area contributed by atoms with E-state index in [0.717, 1.165) is 6.42 Å². The van der Waals surface area contributed by atoms with E-state index in [2.05, 4.69) is 0 Å². The Labute approximate surface area is 217 Å². The molecule has 1 aromatic carbocycles. The monoisotopic (exact) mass is 525 g/mol. The molecule has 0 aliphatic rings. The molecule has 0 spiro atoms. The Morgan fingerprint density at radius 1 is 0.892 bits per heavy atom. The van der Waals surface area contributed by atoms with Crippen molar-refractivity contribution in [3.63, 3.8) is 0 Å². The van der Waals surface area contributed by atoms with Gasteiger partial charge in [0, 0.05) is 18.3 Å². The lowest BCUT2D eigenvalue weighted by Crippen LogP contribution is -2.42. The van der Waals surface area contributed by atoms with Crippen molar-refractivity contribution in [3.05, 3.63) is 23.8 Å². The van der Waals surface area contributed by atoms with Crippen LogP contribution in [0.15, 0.2) is 18.2 Å². The molecule has 0 radical (unpaired) electrons. The summed E-state index contributed by atoms with van der Waals surface area (Å²) in [5.41, 5.74) is 6.42. The molecule has 1 rings (SSSR count). The number of carboxylic acids is 1. The fourth-order valence-corrected chi connectivity index (χ4v) is 3.48. The van der Waals surface area contributed by atoms with E-state index in [4.69, 9.17) is 29.4 Å². The minimum atomic E-state index is -1.38. The summed E-state index contributed by atoms with van der Waals surface area (Å²) in [6, 6.07) is 2.82. The van der Waals surface area contributed by atoms with Gasteiger partial charge in [-0.15, -0.1) is 0 Å². The first kappa shape index (κ1) is 31.7. The van der Waals surface area contributed by atoms with E-state index in [-0.39, 0.29) is 37.1 Å². The summed E-state index contributed by atoms with van der Waals surface area (Å²) >= 11 is 0. The first-order chi connectivity index (χ1) is 17.5. The predicted molar refractivity (Wildman–Crippen MR) is 134 cm³/mol. The maximum Gasteiger partial charge on any atom is 0.513 e. The molecule has 0 bridgehead atoms. The molecule has 3 unspecified atom stereocenters. The Morgan fingerprint density at radius 3 is 1.97 bits per heavy atom. The summed E-state index contributed by atoms with van der Waals surface area (Å²) < 4.78 is 25.9. The number of hydrogen-bond acceptors (Lipinski definition) is 10. The molecular formula is C26H39NO10. The Balaban J connectivity index is 3.36. The predicted octanol–water partition coefficient (Wildman–Crippen LogP) is 4.79. The zero-order valence-corrected chi connectivity index (χ0v) is 22.2. The Bertz CT molecular complexity index is 903. The van der Waals surface area contributed by atoms with Gasteiger partial charge in [-0.05, 0) is 43.9 Å². The largest absolute Gasteiger partial charge is 0.513 e. The number of hydrogen-bond donors (Lipinski definition) is 2. The van der Waals surface area contributed by atoms with Crippen LogP contribution in [0, 0.1) is 5.92 Å². The molecule has 0 heterocycles. The second kappa shape index (κ2) is 16.4. The molecule has 37 heavy (non-hydrogen) atoms. The van der Waals surface area contributed by atoms with Crippen molar-refractivity contribution in [1.29, 1.82) is 0 Å². The Kier molecular flexibility index (Phi) is 14.1. The molecule has 0 fully saturated rings. The maximum atomic E-state index is 12.2. The van der Waals surface area contributed by atoms with E-state index in [0.29, 0.717) is 24.8 Å². The topological polar surface area (TPSA) is 161 Å². The van der Waals surface area contributed by atoms with Crippen molar-refractivity contribution >= 4 is 24.2 Å². The summed E-state index contributed by atoms with van der Waals surface area (Å²) in [5.74, 6) is -3.38. The number of benzene rings is 1. The van der Waals surface area contributed by atoms with Crippen LogP contribution in [0.25, 0.3) is 0 Å². The fourth-order valence-electron chi connectivity index (χ4n) is 3.48. The van der Waals surface area contributed by atoms with Crippen LogP contribution >= 0.6 is 0 Å². The van der Waals surface area contributed by atoms with Gasteiger partial charge in [0.25, 0.3) is 0 Å². The Hall–Kier alpha value is -3.34. The number of unbranched alkanes of at least 4 members (excludes halogenated alkanes) is 1. The van der Waals surface area contributed by atoms with Crippen LogP contribution in [-0.4, -0.2) is 54.7 Å². The van der Waals surface area contributed by atoms with Crippen LogP contribution in [0.5, 0.6) is 11.5 Å². The average Bonchev–Trinajstić information content (AvgIpc) is 2.86. The average molecular weight is 526 g/mol. The molecule has 0 aliphatic carbocycles. The molecule has 4 atom stereocenters. The molecule has 11 heteroatoms. The third-order valence-electron chi connectivity index (χ3n) is 5.62. The molecule has 0 amide bonds. The molecule has 0 aromatic heterocycles. The number of carbonyl (C=O) groups is 4. The van der Waals surface area contributed by atoms with Gasteiger partial charge in [0.2, 0.25) is 0 Å². The van der Waals surface area contributed by atoms with Crippen molar-refractivity contribution in [2.24, 2.45) is 11.7 Å². The summed E-state index contributed by atoms with van der Waals surface area (Å²) in [6.45, 7) is 9.20. The number of nitrogens with two attached hydrogens (primary N) is 1. The van der Waals surface area contributed by atoms with Crippen LogP contribution in [0.1, 0.15) is 78.2 Å². The second-order valence-corrected chi connectivity index (χ2v) is 8.65. The van der Waals surface area contributed by atoms with Gasteiger partial charge in [0.1, 0.15) is 12.1 Å². The fraction of sp³-hybridized carbons (Fsp3) is 0.615. The maximum absolute atomic E-state index is 12.2. The zero-order valence-electron chi connectivity index (χ0n) is 22.2. The van der Waals surface area contributed by atoms with Crippen molar-refractivity contribution < 1.29 is 48.0 Å². The number of rotatable bonds is 15. The second-order valence-electron chi connectivity index (χ2n) is 8.65. The minimum Gasteiger partial charge on any atom is -0.480 e. The molecule has 0 saturated carbocycles. The molecular weight excluding hydrogens is 486 g/mol. The zero-order chi connectivity index (χ0) is 28.0. The van der Waals surface area contributed by atoms with Gasteiger partial charge in [0.15, 0.2) is 11.5 Å². The van der Waals surface area contributed by atoms with Crippen LogP contribution in [0.3, 0.4) is 0 Å². The third-order valence-corrected chi connectivity index (χ3v) is 5.62. The summed E-state index contributed by atoms with van der Waals surface area (Å²) in [4.78, 5) is 48.2. The van der Waals surface area contributed by atoms with Crippen LogP contribution in [0.2, 0.25) is 0 Å². The normalized spacial score (nSPS) is 14.0. The van der Waals surface area contributed by atoms with Gasteiger partial charge in [-0.3, -0.25) is 9.59 Å².